The number of halogens is 4. The van der Waals surface area contributed by atoms with Crippen LogP contribution in [0.4, 0.5) is 13.2 Å². The zero-order valence-corrected chi connectivity index (χ0v) is 8.11. The molecule has 0 heterocycles. The Kier molecular flexibility index (Phi) is 2.81. The number of benzene rings is 1. The van der Waals surface area contributed by atoms with Crippen LogP contribution in [0.5, 0.6) is 0 Å². The lowest BCUT2D eigenvalue weighted by Gasteiger charge is -2.07. The van der Waals surface area contributed by atoms with Crippen molar-refractivity contribution in [3.05, 3.63) is 40.4 Å². The molecule has 0 spiro atoms. The quantitative estimate of drug-likeness (QED) is 0.704. The summed E-state index contributed by atoms with van der Waals surface area (Å²) in [5, 5.41) is 0. The van der Waals surface area contributed by atoms with E-state index in [1.54, 1.807) is 6.07 Å². The predicted molar refractivity (Wildman–Crippen MR) is 49.2 cm³/mol. The molecule has 1 rings (SSSR count). The second-order valence-electron chi connectivity index (χ2n) is 2.48. The maximum absolute atomic E-state index is 12.2. The molecule has 0 nitrogen and oxygen atoms in total. The third kappa shape index (κ3) is 2.59. The third-order valence-corrected chi connectivity index (χ3v) is 1.94. The van der Waals surface area contributed by atoms with Crippen molar-refractivity contribution < 1.29 is 13.2 Å². The molecular weight excluding hydrogens is 245 g/mol. The predicted octanol–water partition coefficient (Wildman–Crippen LogP) is 4.11. The van der Waals surface area contributed by atoms with E-state index in [0.29, 0.717) is 10.0 Å². The highest BCUT2D eigenvalue weighted by Gasteiger charge is 2.30. The van der Waals surface area contributed by atoms with Crippen LogP contribution in [0.2, 0.25) is 0 Å². The molecule has 70 valence electrons. The van der Waals surface area contributed by atoms with E-state index in [1.165, 1.54) is 6.08 Å². The molecule has 0 saturated heterocycles. The van der Waals surface area contributed by atoms with Crippen LogP contribution in [-0.4, -0.2) is 0 Å². The van der Waals surface area contributed by atoms with Gasteiger partial charge in [-0.05, 0) is 23.8 Å². The van der Waals surface area contributed by atoms with E-state index in [4.69, 9.17) is 0 Å². The summed E-state index contributed by atoms with van der Waals surface area (Å²) >= 11 is 3.00. The van der Waals surface area contributed by atoms with E-state index in [0.717, 1.165) is 12.1 Å². The second kappa shape index (κ2) is 3.54. The van der Waals surface area contributed by atoms with Crippen LogP contribution in [0, 0.1) is 0 Å². The van der Waals surface area contributed by atoms with Gasteiger partial charge in [0.2, 0.25) is 0 Å². The average molecular weight is 251 g/mol. The summed E-state index contributed by atoms with van der Waals surface area (Å²) in [5.74, 6) is 0. The van der Waals surface area contributed by atoms with Crippen molar-refractivity contribution in [2.45, 2.75) is 6.18 Å². The van der Waals surface area contributed by atoms with Crippen LogP contribution < -0.4 is 0 Å². The van der Waals surface area contributed by atoms with Crippen LogP contribution >= 0.6 is 15.9 Å². The van der Waals surface area contributed by atoms with Crippen molar-refractivity contribution >= 4 is 22.0 Å². The largest absolute Gasteiger partial charge is 0.416 e. The van der Waals surface area contributed by atoms with Gasteiger partial charge in [0, 0.05) is 4.47 Å². The summed E-state index contributed by atoms with van der Waals surface area (Å²) in [6.45, 7) is 3.41. The molecule has 0 atom stereocenters. The lowest BCUT2D eigenvalue weighted by atomic mass is 10.1. The van der Waals surface area contributed by atoms with Crippen LogP contribution in [0.25, 0.3) is 6.08 Å². The molecule has 0 aliphatic heterocycles. The summed E-state index contributed by atoms with van der Waals surface area (Å²) in [5.41, 5.74) is -0.224. The van der Waals surface area contributed by atoms with E-state index in [9.17, 15) is 13.2 Å². The highest BCUT2D eigenvalue weighted by atomic mass is 79.9. The van der Waals surface area contributed by atoms with E-state index < -0.39 is 11.7 Å². The summed E-state index contributed by atoms with van der Waals surface area (Å²) in [7, 11) is 0. The normalized spacial score (nSPS) is 11.4. The molecule has 0 aromatic heterocycles. The summed E-state index contributed by atoms with van der Waals surface area (Å²) in [4.78, 5) is 0. The molecule has 0 N–H and O–H groups in total. The molecule has 0 aliphatic carbocycles. The second-order valence-corrected chi connectivity index (χ2v) is 3.39. The zero-order chi connectivity index (χ0) is 10.1. The van der Waals surface area contributed by atoms with Gasteiger partial charge >= 0.3 is 6.18 Å². The summed E-state index contributed by atoms with van der Waals surface area (Å²) in [6, 6.07) is 3.66. The van der Waals surface area contributed by atoms with E-state index in [1.807, 2.05) is 0 Å². The Morgan fingerprint density at radius 2 is 1.85 bits per heavy atom. The fraction of sp³-hybridized carbons (Fsp3) is 0.111. The van der Waals surface area contributed by atoms with Gasteiger partial charge in [-0.15, -0.1) is 0 Å². The minimum Gasteiger partial charge on any atom is -0.166 e. The van der Waals surface area contributed by atoms with Gasteiger partial charge in [-0.3, -0.25) is 0 Å². The highest BCUT2D eigenvalue weighted by Crippen LogP contribution is 2.32. The minimum absolute atomic E-state index is 0.400. The van der Waals surface area contributed by atoms with Crippen molar-refractivity contribution in [3.8, 4) is 0 Å². The van der Waals surface area contributed by atoms with E-state index >= 15 is 0 Å². The lowest BCUT2D eigenvalue weighted by molar-refractivity contribution is -0.137. The van der Waals surface area contributed by atoms with E-state index in [2.05, 4.69) is 22.5 Å². The Balaban J connectivity index is 3.24. The van der Waals surface area contributed by atoms with Gasteiger partial charge in [0.25, 0.3) is 0 Å². The molecule has 0 radical (unpaired) electrons. The highest BCUT2D eigenvalue weighted by molar-refractivity contribution is 9.10. The summed E-state index contributed by atoms with van der Waals surface area (Å²) < 4.78 is 37.1. The van der Waals surface area contributed by atoms with E-state index in [-0.39, 0.29) is 0 Å². The smallest absolute Gasteiger partial charge is 0.166 e. The van der Waals surface area contributed by atoms with Crippen molar-refractivity contribution in [1.29, 1.82) is 0 Å². The van der Waals surface area contributed by atoms with Crippen molar-refractivity contribution in [2.24, 2.45) is 0 Å². The number of hydrogen-bond acceptors (Lipinski definition) is 0. The molecule has 0 unspecified atom stereocenters. The first kappa shape index (κ1) is 10.3. The van der Waals surface area contributed by atoms with Gasteiger partial charge < -0.3 is 0 Å². The molecule has 4 heteroatoms. The van der Waals surface area contributed by atoms with Crippen LogP contribution in [-0.2, 0) is 6.18 Å². The van der Waals surface area contributed by atoms with Crippen LogP contribution in [0.3, 0.4) is 0 Å². The first-order valence-corrected chi connectivity index (χ1v) is 4.23. The maximum atomic E-state index is 12.2. The van der Waals surface area contributed by atoms with Crippen molar-refractivity contribution in [2.75, 3.05) is 0 Å². The zero-order valence-electron chi connectivity index (χ0n) is 6.53. The first-order chi connectivity index (χ1) is 5.93. The fourth-order valence-corrected chi connectivity index (χ4v) is 1.40. The van der Waals surface area contributed by atoms with Crippen LogP contribution in [0.1, 0.15) is 11.1 Å². The number of alkyl halides is 3. The molecule has 0 amide bonds. The lowest BCUT2D eigenvalue weighted by Crippen LogP contribution is -2.04. The molecular formula is C9H6BrF3. The average Bonchev–Trinajstić information content (AvgIpc) is 2.01. The maximum Gasteiger partial charge on any atom is 0.416 e. The van der Waals surface area contributed by atoms with Gasteiger partial charge in [0.15, 0.2) is 0 Å². The molecule has 0 fully saturated rings. The Hall–Kier alpha value is -0.770. The molecule has 1 aromatic rings. The van der Waals surface area contributed by atoms with Gasteiger partial charge in [0.05, 0.1) is 5.56 Å². The fourth-order valence-electron chi connectivity index (χ4n) is 0.894. The van der Waals surface area contributed by atoms with Crippen molar-refractivity contribution in [3.63, 3.8) is 0 Å². The van der Waals surface area contributed by atoms with Gasteiger partial charge in [0.1, 0.15) is 0 Å². The molecule has 0 saturated carbocycles. The van der Waals surface area contributed by atoms with Gasteiger partial charge in [-0.25, -0.2) is 0 Å². The Bertz CT molecular complexity index is 328. The third-order valence-electron chi connectivity index (χ3n) is 1.48. The Morgan fingerprint density at radius 1 is 1.23 bits per heavy atom. The Morgan fingerprint density at radius 3 is 2.31 bits per heavy atom. The minimum atomic E-state index is -4.30. The number of hydrogen-bond donors (Lipinski definition) is 0. The van der Waals surface area contributed by atoms with Gasteiger partial charge in [-0.1, -0.05) is 28.6 Å². The molecule has 0 bridgehead atoms. The topological polar surface area (TPSA) is 0 Å². The molecule has 13 heavy (non-hydrogen) atoms. The molecule has 0 aliphatic rings. The standard InChI is InChI=1S/C9H6BrF3/c1-2-6-3-7(9(11,12)13)5-8(10)4-6/h2-5H,1H2. The van der Waals surface area contributed by atoms with Crippen LogP contribution in [0.15, 0.2) is 29.3 Å². The first-order valence-electron chi connectivity index (χ1n) is 3.43. The van der Waals surface area contributed by atoms with Crippen molar-refractivity contribution in [1.82, 2.24) is 0 Å². The van der Waals surface area contributed by atoms with Gasteiger partial charge in [-0.2, -0.15) is 13.2 Å². The SMILES string of the molecule is C=Cc1cc(Br)cc(C(F)(F)F)c1. The monoisotopic (exact) mass is 250 g/mol. The molecule has 1 aromatic carbocycles. The number of rotatable bonds is 1. The summed E-state index contributed by atoms with van der Waals surface area (Å²) in [6.07, 6.45) is -2.93. The Labute approximate surface area is 82.2 Å².